The first kappa shape index (κ1) is 18.1. The summed E-state index contributed by atoms with van der Waals surface area (Å²) < 4.78 is 0. The average molecular weight is 385 g/mol. The van der Waals surface area contributed by atoms with Crippen LogP contribution in [0.25, 0.3) is 21.6 Å². The highest BCUT2D eigenvalue weighted by atomic mass is 32.1. The molecule has 1 N–H and O–H groups in total. The molecular formula is C23H19N3OS. The van der Waals surface area contributed by atoms with Crippen LogP contribution in [0.15, 0.2) is 79.1 Å². The SMILES string of the molecule is Cc1cc(-c2cnc(CNC(=O)c3ccc(-c4ccccc4)cc3)s2)ccn1. The minimum atomic E-state index is -0.101. The normalized spacial score (nSPS) is 10.6. The van der Waals surface area contributed by atoms with E-state index < -0.39 is 0 Å². The molecule has 0 fully saturated rings. The summed E-state index contributed by atoms with van der Waals surface area (Å²) in [6, 6.07) is 21.8. The number of amides is 1. The van der Waals surface area contributed by atoms with Crippen LogP contribution in [0, 0.1) is 6.92 Å². The maximum Gasteiger partial charge on any atom is 0.251 e. The van der Waals surface area contributed by atoms with Gasteiger partial charge in [0.25, 0.3) is 5.91 Å². The standard InChI is InChI=1S/C23H19N3OS/c1-16-13-20(11-12-24-16)21-14-25-22(28-21)15-26-23(27)19-9-7-18(8-10-19)17-5-3-2-4-6-17/h2-14H,15H2,1H3,(H,26,27). The molecule has 0 unspecified atom stereocenters. The maximum atomic E-state index is 12.4. The first-order valence-electron chi connectivity index (χ1n) is 9.00. The van der Waals surface area contributed by atoms with E-state index in [1.54, 1.807) is 17.5 Å². The fraction of sp³-hybridized carbons (Fsp3) is 0.0870. The van der Waals surface area contributed by atoms with Gasteiger partial charge in [-0.25, -0.2) is 4.98 Å². The number of thiazole rings is 1. The Morgan fingerprint density at radius 1 is 0.929 bits per heavy atom. The summed E-state index contributed by atoms with van der Waals surface area (Å²) >= 11 is 1.58. The van der Waals surface area contributed by atoms with E-state index in [9.17, 15) is 4.79 Å². The molecule has 5 heteroatoms. The van der Waals surface area contributed by atoms with Gasteiger partial charge < -0.3 is 5.32 Å². The van der Waals surface area contributed by atoms with E-state index in [0.717, 1.165) is 32.3 Å². The first-order chi connectivity index (χ1) is 13.7. The predicted molar refractivity (Wildman–Crippen MR) is 113 cm³/mol. The predicted octanol–water partition coefficient (Wildman–Crippen LogP) is 5.11. The molecule has 0 saturated heterocycles. The zero-order chi connectivity index (χ0) is 19.3. The Morgan fingerprint density at radius 2 is 1.68 bits per heavy atom. The van der Waals surface area contributed by atoms with Crippen LogP contribution in [-0.2, 0) is 6.54 Å². The lowest BCUT2D eigenvalue weighted by molar-refractivity contribution is 0.0951. The summed E-state index contributed by atoms with van der Waals surface area (Å²) in [6.45, 7) is 2.38. The minimum Gasteiger partial charge on any atom is -0.346 e. The van der Waals surface area contributed by atoms with Crippen LogP contribution in [0.3, 0.4) is 0 Å². The molecule has 4 nitrogen and oxygen atoms in total. The number of pyridine rings is 1. The lowest BCUT2D eigenvalue weighted by Gasteiger charge is -2.05. The maximum absolute atomic E-state index is 12.4. The molecule has 1 amide bonds. The van der Waals surface area contributed by atoms with Crippen molar-refractivity contribution < 1.29 is 4.79 Å². The molecule has 28 heavy (non-hydrogen) atoms. The second-order valence-electron chi connectivity index (χ2n) is 6.43. The van der Waals surface area contributed by atoms with E-state index in [2.05, 4.69) is 27.4 Å². The summed E-state index contributed by atoms with van der Waals surface area (Å²) in [5.74, 6) is -0.101. The van der Waals surface area contributed by atoms with E-state index in [-0.39, 0.29) is 5.91 Å². The van der Waals surface area contributed by atoms with E-state index in [1.165, 1.54) is 0 Å². The van der Waals surface area contributed by atoms with Crippen molar-refractivity contribution in [2.75, 3.05) is 0 Å². The van der Waals surface area contributed by atoms with Crippen LogP contribution in [-0.4, -0.2) is 15.9 Å². The summed E-state index contributed by atoms with van der Waals surface area (Å²) in [7, 11) is 0. The molecule has 2 aromatic heterocycles. The van der Waals surface area contributed by atoms with Crippen molar-refractivity contribution in [1.82, 2.24) is 15.3 Å². The second kappa shape index (κ2) is 8.15. The van der Waals surface area contributed by atoms with Crippen molar-refractivity contribution in [3.63, 3.8) is 0 Å². The molecular weight excluding hydrogens is 366 g/mol. The highest BCUT2D eigenvalue weighted by Gasteiger charge is 2.09. The molecule has 2 aromatic carbocycles. The number of aromatic nitrogens is 2. The van der Waals surface area contributed by atoms with Crippen LogP contribution in [0.1, 0.15) is 21.1 Å². The van der Waals surface area contributed by atoms with Crippen molar-refractivity contribution >= 4 is 17.2 Å². The third-order valence-corrected chi connectivity index (χ3v) is 5.44. The van der Waals surface area contributed by atoms with Crippen molar-refractivity contribution in [2.24, 2.45) is 0 Å². The zero-order valence-corrected chi connectivity index (χ0v) is 16.2. The van der Waals surface area contributed by atoms with E-state index in [0.29, 0.717) is 12.1 Å². The van der Waals surface area contributed by atoms with Crippen molar-refractivity contribution in [3.8, 4) is 21.6 Å². The van der Waals surface area contributed by atoms with Crippen LogP contribution >= 0.6 is 11.3 Å². The monoisotopic (exact) mass is 385 g/mol. The van der Waals surface area contributed by atoms with Gasteiger partial charge in [-0.3, -0.25) is 9.78 Å². The molecule has 2 heterocycles. The number of rotatable bonds is 5. The molecule has 0 bridgehead atoms. The fourth-order valence-corrected chi connectivity index (χ4v) is 3.78. The molecule has 0 atom stereocenters. The third kappa shape index (κ3) is 4.15. The van der Waals surface area contributed by atoms with Crippen molar-refractivity contribution in [1.29, 1.82) is 0 Å². The summed E-state index contributed by atoms with van der Waals surface area (Å²) in [5, 5.41) is 3.82. The molecule has 0 saturated carbocycles. The van der Waals surface area contributed by atoms with Crippen LogP contribution in [0.4, 0.5) is 0 Å². The third-order valence-electron chi connectivity index (χ3n) is 4.39. The van der Waals surface area contributed by atoms with Gasteiger partial charge >= 0.3 is 0 Å². The number of aryl methyl sites for hydroxylation is 1. The van der Waals surface area contributed by atoms with Gasteiger partial charge in [-0.15, -0.1) is 11.3 Å². The Balaban J connectivity index is 1.39. The Bertz CT molecular complexity index is 1090. The molecule has 0 radical (unpaired) electrons. The quantitative estimate of drug-likeness (QED) is 0.519. The van der Waals surface area contributed by atoms with Gasteiger partial charge in [-0.2, -0.15) is 0 Å². The van der Waals surface area contributed by atoms with Gasteiger partial charge in [0.05, 0.1) is 11.4 Å². The number of carbonyl (C=O) groups is 1. The number of nitrogens with zero attached hydrogens (tertiary/aromatic N) is 2. The molecule has 0 aliphatic carbocycles. The van der Waals surface area contributed by atoms with Gasteiger partial charge in [0.1, 0.15) is 5.01 Å². The van der Waals surface area contributed by atoms with Crippen LogP contribution in [0.5, 0.6) is 0 Å². The smallest absolute Gasteiger partial charge is 0.251 e. The van der Waals surface area contributed by atoms with E-state index >= 15 is 0 Å². The number of carbonyl (C=O) groups excluding carboxylic acids is 1. The Kier molecular flexibility index (Phi) is 5.26. The molecule has 4 rings (SSSR count). The number of hydrogen-bond acceptors (Lipinski definition) is 4. The van der Waals surface area contributed by atoms with Gasteiger partial charge in [-0.1, -0.05) is 42.5 Å². The lowest BCUT2D eigenvalue weighted by atomic mass is 10.0. The Hall–Kier alpha value is -3.31. The van der Waals surface area contributed by atoms with E-state index in [4.69, 9.17) is 0 Å². The Labute approximate surface area is 167 Å². The van der Waals surface area contributed by atoms with Crippen molar-refractivity contribution in [3.05, 3.63) is 95.4 Å². The lowest BCUT2D eigenvalue weighted by Crippen LogP contribution is -2.22. The first-order valence-corrected chi connectivity index (χ1v) is 9.82. The molecule has 0 aliphatic heterocycles. The van der Waals surface area contributed by atoms with Gasteiger partial charge in [-0.05, 0) is 47.9 Å². The number of nitrogens with one attached hydrogen (secondary N) is 1. The van der Waals surface area contributed by atoms with Gasteiger partial charge in [0.2, 0.25) is 0 Å². The van der Waals surface area contributed by atoms with Gasteiger partial charge in [0, 0.05) is 23.7 Å². The fourth-order valence-electron chi connectivity index (χ4n) is 2.93. The van der Waals surface area contributed by atoms with Crippen molar-refractivity contribution in [2.45, 2.75) is 13.5 Å². The van der Waals surface area contributed by atoms with Crippen LogP contribution < -0.4 is 5.32 Å². The summed E-state index contributed by atoms with van der Waals surface area (Å²) in [5.41, 5.74) is 4.94. The summed E-state index contributed by atoms with van der Waals surface area (Å²) in [4.78, 5) is 22.2. The highest BCUT2D eigenvalue weighted by Crippen LogP contribution is 2.26. The topological polar surface area (TPSA) is 54.9 Å². The average Bonchev–Trinajstić information content (AvgIpc) is 3.22. The second-order valence-corrected chi connectivity index (χ2v) is 7.55. The molecule has 4 aromatic rings. The highest BCUT2D eigenvalue weighted by molar-refractivity contribution is 7.15. The minimum absolute atomic E-state index is 0.101. The largest absolute Gasteiger partial charge is 0.346 e. The van der Waals surface area contributed by atoms with Crippen LogP contribution in [0.2, 0.25) is 0 Å². The summed E-state index contributed by atoms with van der Waals surface area (Å²) in [6.07, 6.45) is 3.64. The van der Waals surface area contributed by atoms with Gasteiger partial charge in [0.15, 0.2) is 0 Å². The Morgan fingerprint density at radius 3 is 2.43 bits per heavy atom. The van der Waals surface area contributed by atoms with E-state index in [1.807, 2.05) is 67.7 Å². The number of hydrogen-bond donors (Lipinski definition) is 1. The molecule has 0 aliphatic rings. The molecule has 138 valence electrons. The zero-order valence-electron chi connectivity index (χ0n) is 15.4. The molecule has 0 spiro atoms. The number of benzene rings is 2.